The van der Waals surface area contributed by atoms with Gasteiger partial charge in [0.05, 0.1) is 11.4 Å². The molecule has 1 aliphatic rings. The van der Waals surface area contributed by atoms with Crippen molar-refractivity contribution in [1.29, 1.82) is 0 Å². The van der Waals surface area contributed by atoms with Gasteiger partial charge in [-0.05, 0) is 45.3 Å². The van der Waals surface area contributed by atoms with Gasteiger partial charge in [-0.3, -0.25) is 4.79 Å². The van der Waals surface area contributed by atoms with Crippen LogP contribution in [0.3, 0.4) is 0 Å². The van der Waals surface area contributed by atoms with Gasteiger partial charge in [-0.25, -0.2) is 0 Å². The Labute approximate surface area is 112 Å². The van der Waals surface area contributed by atoms with Crippen LogP contribution in [0.2, 0.25) is 0 Å². The number of benzene rings is 1. The van der Waals surface area contributed by atoms with E-state index in [-0.39, 0.29) is 5.91 Å². The van der Waals surface area contributed by atoms with Crippen LogP contribution < -0.4 is 10.6 Å². The smallest absolute Gasteiger partial charge is 0.237 e. The Morgan fingerprint density at radius 3 is 2.94 bits per heavy atom. The lowest BCUT2D eigenvalue weighted by molar-refractivity contribution is -0.116. The van der Waals surface area contributed by atoms with Crippen LogP contribution in [0.1, 0.15) is 6.42 Å². The van der Waals surface area contributed by atoms with E-state index in [1.54, 1.807) is 11.8 Å². The molecular weight excluding hydrogens is 246 g/mol. The van der Waals surface area contributed by atoms with Crippen molar-refractivity contribution >= 4 is 29.0 Å². The molecule has 0 bridgehead atoms. The second kappa shape index (κ2) is 5.63. The van der Waals surface area contributed by atoms with Crippen LogP contribution in [0.5, 0.6) is 0 Å². The molecule has 0 spiro atoms. The van der Waals surface area contributed by atoms with Gasteiger partial charge in [-0.1, -0.05) is 0 Å². The molecule has 0 saturated carbocycles. The Bertz CT molecular complexity index is 448. The molecule has 0 aromatic heterocycles. The minimum Gasteiger partial charge on any atom is -0.399 e. The second-order valence-corrected chi connectivity index (χ2v) is 5.74. The topological polar surface area (TPSA) is 49.6 Å². The van der Waals surface area contributed by atoms with E-state index in [1.165, 1.54) is 0 Å². The number of fused-ring (bicyclic) bond motifs is 1. The monoisotopic (exact) mass is 265 g/mol. The van der Waals surface area contributed by atoms with E-state index in [1.807, 2.05) is 37.2 Å². The molecule has 2 N–H and O–H groups in total. The summed E-state index contributed by atoms with van der Waals surface area (Å²) in [5.41, 5.74) is 7.54. The van der Waals surface area contributed by atoms with E-state index in [4.69, 9.17) is 5.73 Å². The first-order valence-corrected chi connectivity index (χ1v) is 7.04. The first kappa shape index (κ1) is 13.2. The van der Waals surface area contributed by atoms with Crippen LogP contribution >= 0.6 is 11.8 Å². The number of hydrogen-bond acceptors (Lipinski definition) is 4. The molecule has 18 heavy (non-hydrogen) atoms. The minimum absolute atomic E-state index is 0.191. The molecule has 0 aliphatic carbocycles. The highest BCUT2D eigenvalue weighted by atomic mass is 32.2. The summed E-state index contributed by atoms with van der Waals surface area (Å²) >= 11 is 1.57. The fourth-order valence-electron chi connectivity index (χ4n) is 2.01. The number of rotatable bonds is 4. The first-order valence-electron chi connectivity index (χ1n) is 6.05. The number of nitrogen functional groups attached to an aromatic ring is 1. The summed E-state index contributed by atoms with van der Waals surface area (Å²) in [6.07, 6.45) is 0.979. The Balaban J connectivity index is 2.12. The fraction of sp³-hybridized carbons (Fsp3) is 0.462. The van der Waals surface area contributed by atoms with Crippen LogP contribution in [0.4, 0.5) is 11.4 Å². The maximum atomic E-state index is 12.0. The third-order valence-electron chi connectivity index (χ3n) is 2.91. The summed E-state index contributed by atoms with van der Waals surface area (Å²) < 4.78 is 0. The SMILES string of the molecule is CN(C)CCCN1C(=O)CSc2cc(N)ccc21. The molecule has 1 aromatic rings. The van der Waals surface area contributed by atoms with E-state index in [0.717, 1.165) is 35.8 Å². The van der Waals surface area contributed by atoms with Gasteiger partial charge in [0.15, 0.2) is 0 Å². The number of anilines is 2. The van der Waals surface area contributed by atoms with Crippen LogP contribution in [0, 0.1) is 0 Å². The van der Waals surface area contributed by atoms with Gasteiger partial charge in [-0.2, -0.15) is 0 Å². The van der Waals surface area contributed by atoms with Crippen molar-refractivity contribution in [1.82, 2.24) is 4.90 Å². The summed E-state index contributed by atoms with van der Waals surface area (Å²) in [5, 5.41) is 0. The molecule has 0 saturated heterocycles. The highest BCUT2D eigenvalue weighted by Crippen LogP contribution is 2.36. The molecule has 1 aliphatic heterocycles. The lowest BCUT2D eigenvalue weighted by Crippen LogP contribution is -2.37. The van der Waals surface area contributed by atoms with E-state index >= 15 is 0 Å². The van der Waals surface area contributed by atoms with Gasteiger partial charge < -0.3 is 15.5 Å². The van der Waals surface area contributed by atoms with Crippen molar-refractivity contribution in [2.24, 2.45) is 0 Å². The average molecular weight is 265 g/mol. The number of nitrogens with zero attached hydrogens (tertiary/aromatic N) is 2. The largest absolute Gasteiger partial charge is 0.399 e. The molecule has 0 radical (unpaired) electrons. The summed E-state index contributed by atoms with van der Waals surface area (Å²) in [6.45, 7) is 1.76. The van der Waals surface area contributed by atoms with E-state index in [9.17, 15) is 4.79 Å². The predicted molar refractivity (Wildman–Crippen MR) is 77.1 cm³/mol. The average Bonchev–Trinajstić information content (AvgIpc) is 2.31. The van der Waals surface area contributed by atoms with Crippen molar-refractivity contribution in [2.45, 2.75) is 11.3 Å². The number of hydrogen-bond donors (Lipinski definition) is 1. The molecule has 5 heteroatoms. The third-order valence-corrected chi connectivity index (χ3v) is 3.94. The quantitative estimate of drug-likeness (QED) is 0.841. The normalized spacial score (nSPS) is 15.1. The van der Waals surface area contributed by atoms with Crippen LogP contribution in [-0.2, 0) is 4.79 Å². The maximum Gasteiger partial charge on any atom is 0.237 e. The van der Waals surface area contributed by atoms with Crippen LogP contribution in [0.15, 0.2) is 23.1 Å². The maximum absolute atomic E-state index is 12.0. The first-order chi connectivity index (χ1) is 8.58. The molecule has 98 valence electrons. The molecule has 1 amide bonds. The molecule has 0 fully saturated rings. The number of thioether (sulfide) groups is 1. The number of nitrogens with two attached hydrogens (primary N) is 1. The van der Waals surface area contributed by atoms with Crippen molar-refractivity contribution < 1.29 is 4.79 Å². The molecule has 0 atom stereocenters. The standard InChI is InChI=1S/C13H19N3OS/c1-15(2)6-3-7-16-11-5-4-10(14)8-12(11)18-9-13(16)17/h4-5,8H,3,6-7,9,14H2,1-2H3. The van der Waals surface area contributed by atoms with Gasteiger partial charge in [0.1, 0.15) is 0 Å². The Morgan fingerprint density at radius 2 is 2.22 bits per heavy atom. The Morgan fingerprint density at radius 1 is 1.44 bits per heavy atom. The van der Waals surface area contributed by atoms with E-state index in [0.29, 0.717) is 5.75 Å². The second-order valence-electron chi connectivity index (χ2n) is 4.72. The summed E-state index contributed by atoms with van der Waals surface area (Å²) in [4.78, 5) is 17.1. The number of carbonyl (C=O) groups is 1. The number of amides is 1. The van der Waals surface area contributed by atoms with Crippen molar-refractivity contribution in [3.05, 3.63) is 18.2 Å². The minimum atomic E-state index is 0.191. The molecule has 2 rings (SSSR count). The van der Waals surface area contributed by atoms with Gasteiger partial charge >= 0.3 is 0 Å². The zero-order chi connectivity index (χ0) is 13.1. The highest BCUT2D eigenvalue weighted by molar-refractivity contribution is 8.00. The highest BCUT2D eigenvalue weighted by Gasteiger charge is 2.24. The molecular formula is C13H19N3OS. The lowest BCUT2D eigenvalue weighted by atomic mass is 10.2. The predicted octanol–water partition coefficient (Wildman–Crippen LogP) is 1.66. The zero-order valence-corrected chi connectivity index (χ0v) is 11.7. The zero-order valence-electron chi connectivity index (χ0n) is 10.8. The fourth-order valence-corrected chi connectivity index (χ4v) is 2.99. The van der Waals surface area contributed by atoms with Crippen LogP contribution in [-0.4, -0.2) is 43.7 Å². The Hall–Kier alpha value is -1.20. The lowest BCUT2D eigenvalue weighted by Gasteiger charge is -2.29. The van der Waals surface area contributed by atoms with Crippen molar-refractivity contribution in [3.63, 3.8) is 0 Å². The van der Waals surface area contributed by atoms with Crippen molar-refractivity contribution in [2.75, 3.05) is 43.6 Å². The third kappa shape index (κ3) is 2.97. The molecule has 1 heterocycles. The van der Waals surface area contributed by atoms with Gasteiger partial charge in [0, 0.05) is 17.1 Å². The van der Waals surface area contributed by atoms with E-state index < -0.39 is 0 Å². The van der Waals surface area contributed by atoms with Gasteiger partial charge in [-0.15, -0.1) is 11.8 Å². The summed E-state index contributed by atoms with van der Waals surface area (Å²) in [5.74, 6) is 0.703. The molecule has 0 unspecified atom stereocenters. The molecule has 4 nitrogen and oxygen atoms in total. The Kier molecular flexibility index (Phi) is 4.14. The van der Waals surface area contributed by atoms with E-state index in [2.05, 4.69) is 4.90 Å². The summed E-state index contributed by atoms with van der Waals surface area (Å²) in [6, 6.07) is 5.76. The van der Waals surface area contributed by atoms with Gasteiger partial charge in [0.25, 0.3) is 0 Å². The number of carbonyl (C=O) groups excluding carboxylic acids is 1. The van der Waals surface area contributed by atoms with Gasteiger partial charge in [0.2, 0.25) is 5.91 Å². The van der Waals surface area contributed by atoms with Crippen molar-refractivity contribution in [3.8, 4) is 0 Å². The molecule has 1 aromatic carbocycles. The van der Waals surface area contributed by atoms with Crippen LogP contribution in [0.25, 0.3) is 0 Å². The summed E-state index contributed by atoms with van der Waals surface area (Å²) in [7, 11) is 4.09.